The number of halogens is 4. The number of amides is 1. The van der Waals surface area contributed by atoms with Crippen molar-refractivity contribution in [3.05, 3.63) is 33.7 Å². The summed E-state index contributed by atoms with van der Waals surface area (Å²) in [4.78, 5) is 12.1. The summed E-state index contributed by atoms with van der Waals surface area (Å²) in [7, 11) is 0. The average molecular weight is 338 g/mol. The third kappa shape index (κ3) is 3.30. The van der Waals surface area contributed by atoms with E-state index in [1.54, 1.807) is 6.92 Å². The lowest BCUT2D eigenvalue weighted by Crippen LogP contribution is -2.34. The van der Waals surface area contributed by atoms with Gasteiger partial charge in [0.05, 0.1) is 17.2 Å². The van der Waals surface area contributed by atoms with E-state index in [9.17, 15) is 18.0 Å². The number of nitrogens with one attached hydrogen (secondary N) is 1. The maximum Gasteiger partial charge on any atom is 0.416 e. The number of carbonyl (C=O) groups is 1. The molecule has 0 aliphatic rings. The Kier molecular flexibility index (Phi) is 4.46. The smallest absolute Gasteiger partial charge is 0.394 e. The van der Waals surface area contributed by atoms with E-state index in [1.165, 1.54) is 6.07 Å². The Balaban J connectivity index is 2.43. The molecule has 2 rings (SSSR count). The zero-order valence-corrected chi connectivity index (χ0v) is 12.4. The van der Waals surface area contributed by atoms with Crippen molar-refractivity contribution in [2.45, 2.75) is 19.1 Å². The molecule has 0 radical (unpaired) electrons. The van der Waals surface area contributed by atoms with E-state index < -0.39 is 23.7 Å². The van der Waals surface area contributed by atoms with Gasteiger partial charge in [-0.1, -0.05) is 17.7 Å². The lowest BCUT2D eigenvalue weighted by molar-refractivity contribution is -0.137. The number of fused-ring (bicyclic) bond motifs is 1. The first-order valence-corrected chi connectivity index (χ1v) is 7.14. The van der Waals surface area contributed by atoms with Crippen molar-refractivity contribution in [1.82, 2.24) is 5.32 Å². The maximum atomic E-state index is 12.7. The van der Waals surface area contributed by atoms with Crippen LogP contribution in [0.2, 0.25) is 5.02 Å². The molecule has 1 unspecified atom stereocenters. The van der Waals surface area contributed by atoms with Crippen LogP contribution in [0.1, 0.15) is 22.2 Å². The molecule has 1 aromatic carbocycles. The second kappa shape index (κ2) is 5.82. The molecule has 114 valence electrons. The SMILES string of the molecule is CC(CO)NC(=O)c1sc2cc(C(F)(F)F)ccc2c1Cl. The van der Waals surface area contributed by atoms with Gasteiger partial charge in [0, 0.05) is 16.1 Å². The number of carbonyl (C=O) groups excluding carboxylic acids is 1. The summed E-state index contributed by atoms with van der Waals surface area (Å²) in [5, 5.41) is 11.9. The molecule has 8 heteroatoms. The molecule has 0 fully saturated rings. The Hall–Kier alpha value is -1.31. The van der Waals surface area contributed by atoms with Crippen molar-refractivity contribution in [2.75, 3.05) is 6.61 Å². The van der Waals surface area contributed by atoms with E-state index in [0.29, 0.717) is 5.39 Å². The first-order chi connectivity index (χ1) is 9.74. The molecule has 1 atom stereocenters. The topological polar surface area (TPSA) is 49.3 Å². The fourth-order valence-electron chi connectivity index (χ4n) is 1.72. The van der Waals surface area contributed by atoms with Gasteiger partial charge in [-0.05, 0) is 19.1 Å². The van der Waals surface area contributed by atoms with Gasteiger partial charge in [-0.25, -0.2) is 0 Å². The summed E-state index contributed by atoms with van der Waals surface area (Å²) >= 11 is 6.94. The van der Waals surface area contributed by atoms with E-state index in [1.807, 2.05) is 0 Å². The summed E-state index contributed by atoms with van der Waals surface area (Å²) in [5.41, 5.74) is -0.788. The minimum absolute atomic E-state index is 0.117. The molecular formula is C13H11ClF3NO2S. The van der Waals surface area contributed by atoms with Crippen LogP contribution in [0.3, 0.4) is 0 Å². The normalized spacial score (nSPS) is 13.4. The molecule has 0 saturated carbocycles. The van der Waals surface area contributed by atoms with Crippen molar-refractivity contribution in [2.24, 2.45) is 0 Å². The minimum Gasteiger partial charge on any atom is -0.394 e. The van der Waals surface area contributed by atoms with Crippen LogP contribution < -0.4 is 5.32 Å². The molecule has 21 heavy (non-hydrogen) atoms. The Labute approximate surface area is 127 Å². The Morgan fingerprint density at radius 3 is 2.71 bits per heavy atom. The van der Waals surface area contributed by atoms with Gasteiger partial charge in [0.25, 0.3) is 5.91 Å². The van der Waals surface area contributed by atoms with E-state index in [0.717, 1.165) is 23.5 Å². The van der Waals surface area contributed by atoms with Gasteiger partial charge in [-0.15, -0.1) is 11.3 Å². The van der Waals surface area contributed by atoms with Gasteiger partial charge in [0.2, 0.25) is 0 Å². The maximum absolute atomic E-state index is 12.7. The van der Waals surface area contributed by atoms with Gasteiger partial charge in [-0.2, -0.15) is 13.2 Å². The number of alkyl halides is 3. The molecule has 1 heterocycles. The van der Waals surface area contributed by atoms with Gasteiger partial charge < -0.3 is 10.4 Å². The average Bonchev–Trinajstić information content (AvgIpc) is 2.74. The van der Waals surface area contributed by atoms with Crippen LogP contribution >= 0.6 is 22.9 Å². The lowest BCUT2D eigenvalue weighted by Gasteiger charge is -2.09. The standard InChI is InChI=1S/C13H11ClF3NO2S/c1-6(5-19)18-12(20)11-10(14)8-3-2-7(13(15,16)17)4-9(8)21-11/h2-4,6,19H,5H2,1H3,(H,18,20). The lowest BCUT2D eigenvalue weighted by atomic mass is 10.1. The minimum atomic E-state index is -4.45. The zero-order chi connectivity index (χ0) is 15.8. The number of thiophene rings is 1. The highest BCUT2D eigenvalue weighted by Crippen LogP contribution is 2.39. The number of benzene rings is 1. The second-order valence-electron chi connectivity index (χ2n) is 4.51. The fourth-order valence-corrected chi connectivity index (χ4v) is 3.18. The van der Waals surface area contributed by atoms with Gasteiger partial charge in [-0.3, -0.25) is 4.79 Å². The van der Waals surface area contributed by atoms with Gasteiger partial charge in [0.1, 0.15) is 4.88 Å². The summed E-state index contributed by atoms with van der Waals surface area (Å²) in [5.74, 6) is -0.517. The van der Waals surface area contributed by atoms with Crippen LogP contribution in [-0.2, 0) is 6.18 Å². The molecule has 2 N–H and O–H groups in total. The van der Waals surface area contributed by atoms with E-state index >= 15 is 0 Å². The highest BCUT2D eigenvalue weighted by Gasteiger charge is 2.31. The van der Waals surface area contributed by atoms with Crippen molar-refractivity contribution in [1.29, 1.82) is 0 Å². The van der Waals surface area contributed by atoms with Crippen molar-refractivity contribution < 1.29 is 23.1 Å². The first kappa shape index (κ1) is 16.1. The Morgan fingerprint density at radius 1 is 1.48 bits per heavy atom. The first-order valence-electron chi connectivity index (χ1n) is 5.95. The predicted octanol–water partition coefficient (Wildman–Crippen LogP) is 3.68. The third-order valence-electron chi connectivity index (χ3n) is 2.81. The molecule has 0 aliphatic heterocycles. The second-order valence-corrected chi connectivity index (χ2v) is 5.94. The van der Waals surface area contributed by atoms with Crippen LogP contribution in [0.4, 0.5) is 13.2 Å². The Bertz CT molecular complexity index is 684. The van der Waals surface area contributed by atoms with Crippen LogP contribution in [0, 0.1) is 0 Å². The van der Waals surface area contributed by atoms with E-state index in [4.69, 9.17) is 16.7 Å². The molecule has 1 amide bonds. The molecule has 2 aromatic rings. The quantitative estimate of drug-likeness (QED) is 0.897. The van der Waals surface area contributed by atoms with Gasteiger partial charge in [0.15, 0.2) is 0 Å². The highest BCUT2D eigenvalue weighted by atomic mass is 35.5. The summed E-state index contributed by atoms with van der Waals surface area (Å²) in [6.07, 6.45) is -4.45. The monoisotopic (exact) mass is 337 g/mol. The van der Waals surface area contributed by atoms with Crippen LogP contribution in [0.15, 0.2) is 18.2 Å². The summed E-state index contributed by atoms with van der Waals surface area (Å²) in [6.45, 7) is 1.35. The number of hydrogen-bond donors (Lipinski definition) is 2. The van der Waals surface area contributed by atoms with E-state index in [2.05, 4.69) is 5.32 Å². The number of aliphatic hydroxyl groups excluding tert-OH is 1. The third-order valence-corrected chi connectivity index (χ3v) is 4.47. The zero-order valence-electron chi connectivity index (χ0n) is 10.8. The molecule has 0 bridgehead atoms. The molecule has 3 nitrogen and oxygen atoms in total. The van der Waals surface area contributed by atoms with Gasteiger partial charge >= 0.3 is 6.18 Å². The number of rotatable bonds is 3. The number of aliphatic hydroxyl groups is 1. The largest absolute Gasteiger partial charge is 0.416 e. The highest BCUT2D eigenvalue weighted by molar-refractivity contribution is 7.21. The predicted molar refractivity (Wildman–Crippen MR) is 75.9 cm³/mol. The number of hydrogen-bond acceptors (Lipinski definition) is 3. The van der Waals surface area contributed by atoms with E-state index in [-0.39, 0.29) is 21.2 Å². The van der Waals surface area contributed by atoms with Crippen molar-refractivity contribution >= 4 is 38.9 Å². The molecule has 0 saturated heterocycles. The Morgan fingerprint density at radius 2 is 2.14 bits per heavy atom. The molecule has 0 aliphatic carbocycles. The molecular weight excluding hydrogens is 327 g/mol. The van der Waals surface area contributed by atoms with Crippen molar-refractivity contribution in [3.63, 3.8) is 0 Å². The van der Waals surface area contributed by atoms with Crippen LogP contribution in [0.25, 0.3) is 10.1 Å². The summed E-state index contributed by atoms with van der Waals surface area (Å²) in [6, 6.07) is 2.69. The molecule has 0 spiro atoms. The van der Waals surface area contributed by atoms with Crippen molar-refractivity contribution in [3.8, 4) is 0 Å². The summed E-state index contributed by atoms with van der Waals surface area (Å²) < 4.78 is 38.3. The van der Waals surface area contributed by atoms with Crippen LogP contribution in [0.5, 0.6) is 0 Å². The van der Waals surface area contributed by atoms with Crippen LogP contribution in [-0.4, -0.2) is 23.7 Å². The fraction of sp³-hybridized carbons (Fsp3) is 0.308. The molecule has 1 aromatic heterocycles.